The number of rotatable bonds is 8. The van der Waals surface area contributed by atoms with Crippen LogP contribution in [0.15, 0.2) is 62.9 Å². The Balaban J connectivity index is 1.32. The van der Waals surface area contributed by atoms with E-state index in [0.717, 1.165) is 16.5 Å². The molecule has 2 heterocycles. The van der Waals surface area contributed by atoms with E-state index in [1.807, 2.05) is 31.2 Å². The number of aromatic hydroxyl groups is 1. The molecule has 2 aromatic heterocycles. The standard InChI is InChI=1S/C22H20N2O6/c1-14-12-20(25)30-19-13-15(6-7-16(14)19)29-11-10-28-9-8-24-18-5-3-2-4-17(18)21(23-27)22(24)26/h2-7,12-13,26H,8-11H2,1H3. The van der Waals surface area contributed by atoms with Crippen LogP contribution in [0, 0.1) is 11.8 Å². The van der Waals surface area contributed by atoms with E-state index >= 15 is 0 Å². The van der Waals surface area contributed by atoms with Gasteiger partial charge in [-0.3, -0.25) is 0 Å². The highest BCUT2D eigenvalue weighted by atomic mass is 16.5. The first-order valence-corrected chi connectivity index (χ1v) is 9.47. The van der Waals surface area contributed by atoms with Gasteiger partial charge in [0.2, 0.25) is 5.88 Å². The topological polar surface area (TPSA) is 103 Å². The summed E-state index contributed by atoms with van der Waals surface area (Å²) in [6.07, 6.45) is 0. The van der Waals surface area contributed by atoms with Gasteiger partial charge >= 0.3 is 5.63 Å². The third-order valence-electron chi connectivity index (χ3n) is 4.89. The van der Waals surface area contributed by atoms with Gasteiger partial charge in [0.25, 0.3) is 0 Å². The minimum atomic E-state index is -0.394. The van der Waals surface area contributed by atoms with E-state index in [-0.39, 0.29) is 11.6 Å². The second-order valence-electron chi connectivity index (χ2n) is 6.80. The zero-order chi connectivity index (χ0) is 21.1. The first kappa shape index (κ1) is 19.7. The minimum absolute atomic E-state index is 0.0344. The zero-order valence-electron chi connectivity index (χ0n) is 16.3. The van der Waals surface area contributed by atoms with Crippen LogP contribution in [0.5, 0.6) is 11.6 Å². The molecule has 4 aromatic rings. The van der Waals surface area contributed by atoms with Gasteiger partial charge in [0, 0.05) is 29.4 Å². The number of nitroso groups, excluding NO2 is 1. The van der Waals surface area contributed by atoms with E-state index in [1.54, 1.807) is 22.8 Å². The monoisotopic (exact) mass is 408 g/mol. The van der Waals surface area contributed by atoms with Crippen molar-refractivity contribution in [3.63, 3.8) is 0 Å². The van der Waals surface area contributed by atoms with Crippen molar-refractivity contribution in [2.45, 2.75) is 13.5 Å². The van der Waals surface area contributed by atoms with Gasteiger partial charge in [-0.05, 0) is 35.9 Å². The summed E-state index contributed by atoms with van der Waals surface area (Å²) in [5.41, 5.74) is 1.69. The van der Waals surface area contributed by atoms with Crippen LogP contribution in [0.3, 0.4) is 0 Å². The van der Waals surface area contributed by atoms with E-state index in [9.17, 15) is 14.8 Å². The molecule has 1 N–H and O–H groups in total. The molecule has 0 aliphatic carbocycles. The summed E-state index contributed by atoms with van der Waals surface area (Å²) in [4.78, 5) is 22.5. The third-order valence-corrected chi connectivity index (χ3v) is 4.89. The van der Waals surface area contributed by atoms with Gasteiger partial charge < -0.3 is 23.6 Å². The van der Waals surface area contributed by atoms with Gasteiger partial charge in [-0.25, -0.2) is 4.79 Å². The molecular weight excluding hydrogens is 388 g/mol. The van der Waals surface area contributed by atoms with Crippen molar-refractivity contribution in [3.8, 4) is 11.6 Å². The van der Waals surface area contributed by atoms with E-state index in [2.05, 4.69) is 5.18 Å². The van der Waals surface area contributed by atoms with E-state index in [0.29, 0.717) is 43.1 Å². The highest BCUT2D eigenvalue weighted by molar-refractivity contribution is 5.95. The Morgan fingerprint density at radius 1 is 1.07 bits per heavy atom. The van der Waals surface area contributed by atoms with Crippen LogP contribution in [-0.4, -0.2) is 29.5 Å². The molecule has 0 saturated heterocycles. The lowest BCUT2D eigenvalue weighted by Crippen LogP contribution is -2.11. The molecule has 0 atom stereocenters. The molecule has 154 valence electrons. The Hall–Kier alpha value is -3.65. The summed E-state index contributed by atoms with van der Waals surface area (Å²) in [6.45, 7) is 3.17. The predicted molar refractivity (Wildman–Crippen MR) is 113 cm³/mol. The molecule has 8 nitrogen and oxygen atoms in total. The molecule has 2 aromatic carbocycles. The van der Waals surface area contributed by atoms with Crippen molar-refractivity contribution in [2.75, 3.05) is 19.8 Å². The number of aromatic nitrogens is 1. The van der Waals surface area contributed by atoms with Crippen LogP contribution in [0.1, 0.15) is 5.56 Å². The van der Waals surface area contributed by atoms with Gasteiger partial charge in [0.1, 0.15) is 17.9 Å². The number of fused-ring (bicyclic) bond motifs is 2. The fourth-order valence-electron chi connectivity index (χ4n) is 3.46. The highest BCUT2D eigenvalue weighted by Gasteiger charge is 2.16. The number of nitrogens with zero attached hydrogens (tertiary/aromatic N) is 2. The third kappa shape index (κ3) is 3.77. The van der Waals surface area contributed by atoms with E-state index < -0.39 is 5.63 Å². The second kappa shape index (κ2) is 8.38. The Labute approximate surface area is 171 Å². The van der Waals surface area contributed by atoms with Crippen molar-refractivity contribution < 1.29 is 19.0 Å². The zero-order valence-corrected chi connectivity index (χ0v) is 16.3. The maximum atomic E-state index is 11.5. The normalized spacial score (nSPS) is 11.2. The van der Waals surface area contributed by atoms with Crippen LogP contribution in [0.4, 0.5) is 5.69 Å². The molecule has 0 aliphatic heterocycles. The molecular formula is C22H20N2O6. The largest absolute Gasteiger partial charge is 0.493 e. The van der Waals surface area contributed by atoms with Crippen LogP contribution >= 0.6 is 0 Å². The van der Waals surface area contributed by atoms with Crippen LogP contribution in [-0.2, 0) is 11.3 Å². The summed E-state index contributed by atoms with van der Waals surface area (Å²) < 4.78 is 18.1. The predicted octanol–water partition coefficient (Wildman–Crippen LogP) is 4.26. The molecule has 0 spiro atoms. The number of ether oxygens (including phenoxy) is 2. The smallest absolute Gasteiger partial charge is 0.336 e. The maximum absolute atomic E-state index is 11.5. The van der Waals surface area contributed by atoms with Gasteiger partial charge in [0.15, 0.2) is 5.69 Å². The fraction of sp³-hybridized carbons (Fsp3) is 0.227. The number of hydrogen-bond donors (Lipinski definition) is 1. The second-order valence-corrected chi connectivity index (χ2v) is 6.80. The van der Waals surface area contributed by atoms with Crippen molar-refractivity contribution in [2.24, 2.45) is 5.18 Å². The Kier molecular flexibility index (Phi) is 5.49. The van der Waals surface area contributed by atoms with E-state index in [4.69, 9.17) is 13.9 Å². The molecule has 8 heteroatoms. The number of aryl methyl sites for hydroxylation is 1. The summed E-state index contributed by atoms with van der Waals surface area (Å²) in [5.74, 6) is 0.412. The Morgan fingerprint density at radius 2 is 1.90 bits per heavy atom. The average Bonchev–Trinajstić information content (AvgIpc) is 3.01. The molecule has 0 unspecified atom stereocenters. The lowest BCUT2D eigenvalue weighted by atomic mass is 10.1. The van der Waals surface area contributed by atoms with Gasteiger partial charge in [-0.15, -0.1) is 4.91 Å². The number of hydrogen-bond acceptors (Lipinski definition) is 7. The summed E-state index contributed by atoms with van der Waals surface area (Å²) in [6, 6.07) is 14.0. The molecule has 0 aliphatic rings. The minimum Gasteiger partial charge on any atom is -0.493 e. The number of benzene rings is 2. The SMILES string of the molecule is Cc1cc(=O)oc2cc(OCCOCCn3c(O)c(N=O)c4ccccc43)ccc12. The van der Waals surface area contributed by atoms with Crippen molar-refractivity contribution in [1.82, 2.24) is 4.57 Å². The van der Waals surface area contributed by atoms with Crippen LogP contribution < -0.4 is 10.4 Å². The first-order chi connectivity index (χ1) is 14.6. The Morgan fingerprint density at radius 3 is 2.73 bits per heavy atom. The lowest BCUT2D eigenvalue weighted by molar-refractivity contribution is 0.0939. The number of para-hydroxylation sites is 1. The van der Waals surface area contributed by atoms with Crippen LogP contribution in [0.2, 0.25) is 0 Å². The molecule has 4 rings (SSSR count). The molecule has 0 fully saturated rings. The van der Waals surface area contributed by atoms with Gasteiger partial charge in [-0.1, -0.05) is 18.2 Å². The molecule has 30 heavy (non-hydrogen) atoms. The summed E-state index contributed by atoms with van der Waals surface area (Å²) >= 11 is 0. The lowest BCUT2D eigenvalue weighted by Gasteiger charge is -2.10. The molecule has 0 amide bonds. The quantitative estimate of drug-likeness (QED) is 0.265. The maximum Gasteiger partial charge on any atom is 0.336 e. The van der Waals surface area contributed by atoms with E-state index in [1.165, 1.54) is 6.07 Å². The van der Waals surface area contributed by atoms with Crippen molar-refractivity contribution in [3.05, 3.63) is 69.4 Å². The van der Waals surface area contributed by atoms with Gasteiger partial charge in [-0.2, -0.15) is 0 Å². The molecule has 0 radical (unpaired) electrons. The van der Waals surface area contributed by atoms with Crippen molar-refractivity contribution >= 4 is 27.6 Å². The summed E-state index contributed by atoms with van der Waals surface area (Å²) in [7, 11) is 0. The highest BCUT2D eigenvalue weighted by Crippen LogP contribution is 2.38. The molecule has 0 bridgehead atoms. The fourth-order valence-corrected chi connectivity index (χ4v) is 3.46. The van der Waals surface area contributed by atoms with Crippen LogP contribution in [0.25, 0.3) is 21.9 Å². The first-order valence-electron chi connectivity index (χ1n) is 9.47. The average molecular weight is 408 g/mol. The Bertz CT molecular complexity index is 1270. The van der Waals surface area contributed by atoms with Crippen molar-refractivity contribution in [1.29, 1.82) is 0 Å². The molecule has 0 saturated carbocycles. The summed E-state index contributed by atoms with van der Waals surface area (Å²) in [5, 5.41) is 14.6. The van der Waals surface area contributed by atoms with Gasteiger partial charge in [0.05, 0.1) is 18.7 Å².